The minimum atomic E-state index is -5.08. The quantitative estimate of drug-likeness (QED) is 0.464. The van der Waals surface area contributed by atoms with E-state index in [2.05, 4.69) is 15.2 Å². The van der Waals surface area contributed by atoms with E-state index in [1.165, 1.54) is 0 Å². The number of nitrogens with zero attached hydrogens (tertiary/aromatic N) is 2. The van der Waals surface area contributed by atoms with Crippen molar-refractivity contribution >= 4 is 17.8 Å². The molecule has 0 bridgehead atoms. The Bertz CT molecular complexity index is 918. The standard InChI is InChI=1S/C19H27N3O3.2C2HF3O2/c23-19(21-9-15-3-1-2-6-20-15)18-13-25-12-14-10-22(11-17(14)18)16-4-7-24-8-5-16;2*3-2(4,5)1(6)7/h1-3,6,14,16-18H,4-5,7-13H2,(H,21,23);2*(H,6,7)/t14-,17-,18-;;/m1../s1. The lowest BCUT2D eigenvalue weighted by molar-refractivity contribution is -0.193. The molecule has 0 aliphatic carbocycles. The Morgan fingerprint density at radius 3 is 2.05 bits per heavy atom. The topological polar surface area (TPSA) is 138 Å². The maximum absolute atomic E-state index is 12.7. The molecule has 0 aromatic carbocycles. The number of hydrogen-bond donors (Lipinski definition) is 3. The van der Waals surface area contributed by atoms with Gasteiger partial charge in [0, 0.05) is 38.5 Å². The second-order valence-electron chi connectivity index (χ2n) is 9.01. The highest BCUT2D eigenvalue weighted by Crippen LogP contribution is 2.36. The fourth-order valence-corrected chi connectivity index (χ4v) is 4.46. The molecular weight excluding hydrogens is 544 g/mol. The van der Waals surface area contributed by atoms with E-state index in [0.717, 1.165) is 51.4 Å². The number of carboxylic acid groups (broad SMARTS) is 2. The highest BCUT2D eigenvalue weighted by Gasteiger charge is 2.45. The molecule has 0 radical (unpaired) electrons. The van der Waals surface area contributed by atoms with Crippen molar-refractivity contribution in [2.24, 2.45) is 17.8 Å². The van der Waals surface area contributed by atoms with Gasteiger partial charge in [-0.15, -0.1) is 0 Å². The van der Waals surface area contributed by atoms with Crippen LogP contribution in [0, 0.1) is 17.8 Å². The van der Waals surface area contributed by atoms with Crippen LogP contribution in [-0.4, -0.2) is 95.9 Å². The largest absolute Gasteiger partial charge is 0.490 e. The third-order valence-electron chi connectivity index (χ3n) is 6.36. The third-order valence-corrected chi connectivity index (χ3v) is 6.36. The van der Waals surface area contributed by atoms with Crippen molar-refractivity contribution in [3.63, 3.8) is 0 Å². The Morgan fingerprint density at radius 1 is 0.949 bits per heavy atom. The summed E-state index contributed by atoms with van der Waals surface area (Å²) in [5, 5.41) is 17.3. The van der Waals surface area contributed by atoms with Crippen LogP contribution in [0.2, 0.25) is 0 Å². The van der Waals surface area contributed by atoms with Crippen LogP contribution in [0.25, 0.3) is 0 Å². The minimum Gasteiger partial charge on any atom is -0.475 e. The van der Waals surface area contributed by atoms with Crippen LogP contribution >= 0.6 is 0 Å². The zero-order chi connectivity index (χ0) is 29.2. The second kappa shape index (κ2) is 14.4. The molecule has 39 heavy (non-hydrogen) atoms. The van der Waals surface area contributed by atoms with Crippen LogP contribution in [0.1, 0.15) is 18.5 Å². The Kier molecular flexibility index (Phi) is 11.9. The van der Waals surface area contributed by atoms with Gasteiger partial charge in [0.15, 0.2) is 0 Å². The van der Waals surface area contributed by atoms with Crippen molar-refractivity contribution in [3.05, 3.63) is 30.1 Å². The number of fused-ring (bicyclic) bond motifs is 1. The summed E-state index contributed by atoms with van der Waals surface area (Å²) in [6, 6.07) is 6.37. The predicted molar refractivity (Wildman–Crippen MR) is 120 cm³/mol. The Labute approximate surface area is 219 Å². The second-order valence-corrected chi connectivity index (χ2v) is 9.01. The summed E-state index contributed by atoms with van der Waals surface area (Å²) in [7, 11) is 0. The van der Waals surface area contributed by atoms with Crippen LogP contribution in [-0.2, 0) is 30.4 Å². The first-order valence-corrected chi connectivity index (χ1v) is 11.9. The maximum Gasteiger partial charge on any atom is 0.490 e. The van der Waals surface area contributed by atoms with Crippen LogP contribution in [0.4, 0.5) is 26.3 Å². The number of amides is 1. The van der Waals surface area contributed by atoms with Crippen molar-refractivity contribution in [2.75, 3.05) is 39.5 Å². The van der Waals surface area contributed by atoms with Gasteiger partial charge in [-0.2, -0.15) is 26.3 Å². The van der Waals surface area contributed by atoms with E-state index in [1.54, 1.807) is 6.20 Å². The van der Waals surface area contributed by atoms with Gasteiger partial charge in [-0.3, -0.25) is 14.7 Å². The molecule has 3 aliphatic rings. The first-order valence-electron chi connectivity index (χ1n) is 11.9. The van der Waals surface area contributed by atoms with Crippen LogP contribution < -0.4 is 5.32 Å². The molecule has 220 valence electrons. The highest BCUT2D eigenvalue weighted by atomic mass is 19.4. The van der Waals surface area contributed by atoms with Crippen molar-refractivity contribution in [1.29, 1.82) is 0 Å². The monoisotopic (exact) mass is 573 g/mol. The smallest absolute Gasteiger partial charge is 0.475 e. The molecule has 1 aromatic heterocycles. The number of carbonyl (C=O) groups is 3. The lowest BCUT2D eigenvalue weighted by Gasteiger charge is -2.32. The van der Waals surface area contributed by atoms with Gasteiger partial charge >= 0.3 is 24.3 Å². The van der Waals surface area contributed by atoms with Gasteiger partial charge in [0.1, 0.15) is 0 Å². The summed E-state index contributed by atoms with van der Waals surface area (Å²) in [6.45, 7) is 5.60. The number of nitrogens with one attached hydrogen (secondary N) is 1. The highest BCUT2D eigenvalue weighted by molar-refractivity contribution is 5.79. The minimum absolute atomic E-state index is 0.0488. The molecule has 0 saturated carbocycles. The van der Waals surface area contributed by atoms with E-state index in [-0.39, 0.29) is 11.8 Å². The summed E-state index contributed by atoms with van der Waals surface area (Å²) in [4.78, 5) is 37.4. The van der Waals surface area contributed by atoms with Gasteiger partial charge in [0.05, 0.1) is 31.4 Å². The number of aromatic nitrogens is 1. The first kappa shape index (κ1) is 32.2. The SMILES string of the molecule is O=C(NCc1ccccn1)[C@@H]1COC[C@H]2CN(C3CCOCC3)C[C@H]21.O=C(O)C(F)(F)F.O=C(O)C(F)(F)F. The van der Waals surface area contributed by atoms with Crippen molar-refractivity contribution in [2.45, 2.75) is 37.8 Å². The number of aliphatic carboxylic acids is 2. The molecule has 16 heteroatoms. The van der Waals surface area contributed by atoms with Gasteiger partial charge in [-0.05, 0) is 36.8 Å². The number of alkyl halides is 6. The number of likely N-dealkylation sites (tertiary alicyclic amines) is 1. The van der Waals surface area contributed by atoms with E-state index in [9.17, 15) is 31.1 Å². The molecule has 3 N–H and O–H groups in total. The van der Waals surface area contributed by atoms with Gasteiger partial charge < -0.3 is 25.0 Å². The van der Waals surface area contributed by atoms with Crippen molar-refractivity contribution in [3.8, 4) is 0 Å². The fourth-order valence-electron chi connectivity index (χ4n) is 4.46. The third kappa shape index (κ3) is 10.6. The number of rotatable bonds is 4. The summed E-state index contributed by atoms with van der Waals surface area (Å²) in [5.41, 5.74) is 0.888. The molecule has 1 aromatic rings. The van der Waals surface area contributed by atoms with E-state index < -0.39 is 24.3 Å². The number of carbonyl (C=O) groups excluding carboxylic acids is 1. The zero-order valence-electron chi connectivity index (χ0n) is 20.6. The van der Waals surface area contributed by atoms with Crippen molar-refractivity contribution < 1.29 is 60.4 Å². The predicted octanol–water partition coefficient (Wildman–Crippen LogP) is 2.34. The number of halogens is 6. The lowest BCUT2D eigenvalue weighted by atomic mass is 9.82. The van der Waals surface area contributed by atoms with Crippen LogP contribution in [0.5, 0.6) is 0 Å². The average molecular weight is 573 g/mol. The molecule has 3 atom stereocenters. The summed E-state index contributed by atoms with van der Waals surface area (Å²) >= 11 is 0. The average Bonchev–Trinajstić information content (AvgIpc) is 3.33. The maximum atomic E-state index is 12.7. The molecule has 0 spiro atoms. The molecule has 3 aliphatic heterocycles. The summed E-state index contributed by atoms with van der Waals surface area (Å²) in [6.07, 6.45) is -6.20. The molecule has 3 fully saturated rings. The Hall–Kier alpha value is -2.98. The lowest BCUT2D eigenvalue weighted by Crippen LogP contribution is -2.44. The Morgan fingerprint density at radius 2 is 1.54 bits per heavy atom. The summed E-state index contributed by atoms with van der Waals surface area (Å²) < 4.78 is 74.7. The molecular formula is C23H29F6N3O7. The van der Waals surface area contributed by atoms with Gasteiger partial charge in [0.2, 0.25) is 5.91 Å². The summed E-state index contributed by atoms with van der Waals surface area (Å²) in [5.74, 6) is -4.58. The van der Waals surface area contributed by atoms with E-state index in [0.29, 0.717) is 31.0 Å². The normalized spacial score (nSPS) is 23.8. The van der Waals surface area contributed by atoms with E-state index >= 15 is 0 Å². The van der Waals surface area contributed by atoms with Gasteiger partial charge in [-0.1, -0.05) is 6.07 Å². The number of hydrogen-bond acceptors (Lipinski definition) is 7. The molecule has 4 heterocycles. The van der Waals surface area contributed by atoms with E-state index in [4.69, 9.17) is 29.3 Å². The van der Waals surface area contributed by atoms with E-state index in [1.807, 2.05) is 18.2 Å². The Balaban J connectivity index is 0.000000317. The van der Waals surface area contributed by atoms with Gasteiger partial charge in [0.25, 0.3) is 0 Å². The molecule has 1 amide bonds. The zero-order valence-corrected chi connectivity index (χ0v) is 20.6. The first-order chi connectivity index (χ1) is 18.2. The molecule has 4 rings (SSSR count). The van der Waals surface area contributed by atoms with Crippen LogP contribution in [0.15, 0.2) is 24.4 Å². The fraction of sp³-hybridized carbons (Fsp3) is 0.652. The molecule has 10 nitrogen and oxygen atoms in total. The molecule has 3 saturated heterocycles. The number of carboxylic acids is 2. The number of pyridine rings is 1. The van der Waals surface area contributed by atoms with Crippen molar-refractivity contribution in [1.82, 2.24) is 15.2 Å². The van der Waals surface area contributed by atoms with Gasteiger partial charge in [-0.25, -0.2) is 9.59 Å². The number of ether oxygens (including phenoxy) is 2. The van der Waals surface area contributed by atoms with Crippen LogP contribution in [0.3, 0.4) is 0 Å². The molecule has 0 unspecified atom stereocenters.